The number of nitrogens with one attached hydrogen (secondary N) is 1. The number of hydrogen-bond donors (Lipinski definition) is 2. The molecule has 1 aliphatic heterocycles. The van der Waals surface area contributed by atoms with Gasteiger partial charge in [0.05, 0.1) is 31.4 Å². The zero-order chi connectivity index (χ0) is 21.1. The number of anilines is 2. The van der Waals surface area contributed by atoms with Crippen LogP contribution in [0.1, 0.15) is 16.8 Å². The fraction of sp³-hybridized carbons (Fsp3) is 0.250. The molecular weight excluding hydrogens is 400 g/mol. The predicted molar refractivity (Wildman–Crippen MR) is 107 cm³/mol. The molecule has 8 nitrogen and oxygen atoms in total. The number of rotatable bonds is 6. The van der Waals surface area contributed by atoms with Gasteiger partial charge >= 0.3 is 5.97 Å². The normalized spacial score (nSPS) is 15.9. The third kappa shape index (κ3) is 4.27. The van der Waals surface area contributed by atoms with Crippen LogP contribution in [0.15, 0.2) is 36.4 Å². The minimum atomic E-state index is -1.23. The summed E-state index contributed by atoms with van der Waals surface area (Å²) in [6.45, 7) is 0.183. The Morgan fingerprint density at radius 1 is 1.14 bits per heavy atom. The molecule has 9 heteroatoms. The van der Waals surface area contributed by atoms with Gasteiger partial charge in [0.1, 0.15) is 0 Å². The van der Waals surface area contributed by atoms with Crippen molar-refractivity contribution in [3.8, 4) is 11.5 Å². The summed E-state index contributed by atoms with van der Waals surface area (Å²) >= 11 is 5.88. The number of carboxylic acids is 1. The van der Waals surface area contributed by atoms with Gasteiger partial charge in [-0.1, -0.05) is 11.6 Å². The summed E-state index contributed by atoms with van der Waals surface area (Å²) in [5.41, 5.74) is 0.569. The monoisotopic (exact) mass is 418 g/mol. The zero-order valence-electron chi connectivity index (χ0n) is 15.8. The summed E-state index contributed by atoms with van der Waals surface area (Å²) in [5, 5.41) is 12.6. The van der Waals surface area contributed by atoms with Crippen molar-refractivity contribution >= 4 is 40.8 Å². The molecule has 29 heavy (non-hydrogen) atoms. The van der Waals surface area contributed by atoms with E-state index in [4.69, 9.17) is 21.1 Å². The van der Waals surface area contributed by atoms with Crippen molar-refractivity contribution in [3.63, 3.8) is 0 Å². The summed E-state index contributed by atoms with van der Waals surface area (Å²) in [6, 6.07) is 9.40. The average Bonchev–Trinajstić information content (AvgIpc) is 3.09. The maximum Gasteiger partial charge on any atom is 0.337 e. The first kappa shape index (κ1) is 20.5. The molecule has 0 spiro atoms. The molecule has 1 heterocycles. The van der Waals surface area contributed by atoms with Crippen LogP contribution in [0.2, 0.25) is 5.02 Å². The minimum absolute atomic E-state index is 0.0180. The van der Waals surface area contributed by atoms with E-state index in [0.29, 0.717) is 10.7 Å². The summed E-state index contributed by atoms with van der Waals surface area (Å²) in [7, 11) is 2.79. The summed E-state index contributed by atoms with van der Waals surface area (Å²) in [5.74, 6) is -2.01. The van der Waals surface area contributed by atoms with Crippen LogP contribution in [-0.2, 0) is 9.59 Å². The molecule has 2 amide bonds. The van der Waals surface area contributed by atoms with E-state index >= 15 is 0 Å². The highest BCUT2D eigenvalue weighted by Crippen LogP contribution is 2.34. The highest BCUT2D eigenvalue weighted by Gasteiger charge is 2.35. The van der Waals surface area contributed by atoms with Crippen LogP contribution in [0, 0.1) is 5.92 Å². The number of carboxylic acid groups (broad SMARTS) is 1. The number of aromatic carboxylic acids is 1. The van der Waals surface area contributed by atoms with Gasteiger partial charge in [0.25, 0.3) is 0 Å². The van der Waals surface area contributed by atoms with E-state index in [-0.39, 0.29) is 41.6 Å². The number of halogens is 1. The molecule has 152 valence electrons. The lowest BCUT2D eigenvalue weighted by Gasteiger charge is -2.17. The van der Waals surface area contributed by atoms with E-state index in [2.05, 4.69) is 5.32 Å². The number of ether oxygens (including phenoxy) is 2. The first-order chi connectivity index (χ1) is 13.8. The lowest BCUT2D eigenvalue weighted by atomic mass is 10.1. The standard InChI is InChI=1S/C20H19ClN2O6/c1-28-16-8-14(20(26)27)15(9-17(16)29-2)22-19(25)11-7-18(24)23(10-11)13-5-3-12(21)4-6-13/h3-6,8-9,11H,7,10H2,1-2H3,(H,22,25)(H,26,27). The van der Waals surface area contributed by atoms with Crippen molar-refractivity contribution in [3.05, 3.63) is 47.0 Å². The van der Waals surface area contributed by atoms with Crippen molar-refractivity contribution in [2.45, 2.75) is 6.42 Å². The highest BCUT2D eigenvalue weighted by atomic mass is 35.5. The summed E-state index contributed by atoms with van der Waals surface area (Å²) < 4.78 is 10.3. The maximum atomic E-state index is 12.7. The van der Waals surface area contributed by atoms with Crippen molar-refractivity contribution < 1.29 is 29.0 Å². The number of hydrogen-bond acceptors (Lipinski definition) is 5. The van der Waals surface area contributed by atoms with Crippen molar-refractivity contribution in [1.29, 1.82) is 0 Å². The van der Waals surface area contributed by atoms with Crippen LogP contribution in [0.5, 0.6) is 11.5 Å². The number of benzene rings is 2. The van der Waals surface area contributed by atoms with Crippen molar-refractivity contribution in [2.24, 2.45) is 5.92 Å². The smallest absolute Gasteiger partial charge is 0.337 e. The SMILES string of the molecule is COc1cc(NC(=O)C2CC(=O)N(c3ccc(Cl)cc3)C2)c(C(=O)O)cc1OC. The maximum absolute atomic E-state index is 12.7. The first-order valence-corrected chi connectivity index (χ1v) is 9.08. The topological polar surface area (TPSA) is 105 Å². The Labute approximate surface area is 172 Å². The molecule has 1 aliphatic rings. The molecule has 0 bridgehead atoms. The molecule has 1 fully saturated rings. The Morgan fingerprint density at radius 2 is 1.76 bits per heavy atom. The summed E-state index contributed by atoms with van der Waals surface area (Å²) in [6.07, 6.45) is 0.0180. The fourth-order valence-electron chi connectivity index (χ4n) is 3.15. The minimum Gasteiger partial charge on any atom is -0.493 e. The number of carbonyl (C=O) groups is 3. The van der Waals surface area contributed by atoms with E-state index in [1.165, 1.54) is 31.3 Å². The molecule has 0 radical (unpaired) electrons. The zero-order valence-corrected chi connectivity index (χ0v) is 16.5. The molecule has 1 unspecified atom stereocenters. The van der Waals surface area contributed by atoms with Gasteiger partial charge in [0, 0.05) is 35.8 Å². The second kappa shape index (κ2) is 8.40. The number of nitrogens with zero attached hydrogens (tertiary/aromatic N) is 1. The van der Waals surface area contributed by atoms with Crippen LogP contribution < -0.4 is 19.7 Å². The van der Waals surface area contributed by atoms with Gasteiger partial charge in [0.15, 0.2) is 11.5 Å². The Morgan fingerprint density at radius 3 is 2.34 bits per heavy atom. The van der Waals surface area contributed by atoms with Gasteiger partial charge in [-0.15, -0.1) is 0 Å². The fourth-order valence-corrected chi connectivity index (χ4v) is 3.27. The third-order valence-corrected chi connectivity index (χ3v) is 4.90. The van der Waals surface area contributed by atoms with Crippen LogP contribution in [0.3, 0.4) is 0 Å². The van der Waals surface area contributed by atoms with E-state index in [1.807, 2.05) is 0 Å². The van der Waals surface area contributed by atoms with Crippen LogP contribution in [-0.4, -0.2) is 43.7 Å². The van der Waals surface area contributed by atoms with Gasteiger partial charge in [-0.05, 0) is 24.3 Å². The van der Waals surface area contributed by atoms with Gasteiger partial charge in [0.2, 0.25) is 11.8 Å². The lowest BCUT2D eigenvalue weighted by Crippen LogP contribution is -2.28. The highest BCUT2D eigenvalue weighted by molar-refractivity contribution is 6.30. The molecule has 2 aromatic rings. The molecule has 0 aromatic heterocycles. The molecule has 3 rings (SSSR count). The third-order valence-electron chi connectivity index (χ3n) is 4.65. The van der Waals surface area contributed by atoms with Crippen LogP contribution in [0.25, 0.3) is 0 Å². The molecule has 1 saturated heterocycles. The lowest BCUT2D eigenvalue weighted by molar-refractivity contribution is -0.122. The first-order valence-electron chi connectivity index (χ1n) is 8.70. The quantitative estimate of drug-likeness (QED) is 0.747. The molecule has 0 aliphatic carbocycles. The summed E-state index contributed by atoms with van der Waals surface area (Å²) in [4.78, 5) is 38.2. The molecule has 2 aromatic carbocycles. The van der Waals surface area contributed by atoms with E-state index in [0.717, 1.165) is 0 Å². The number of carbonyl (C=O) groups excluding carboxylic acids is 2. The average molecular weight is 419 g/mol. The second-order valence-electron chi connectivity index (χ2n) is 6.43. The predicted octanol–water partition coefficient (Wildman–Crippen LogP) is 3.05. The van der Waals surface area contributed by atoms with Crippen LogP contribution >= 0.6 is 11.6 Å². The van der Waals surface area contributed by atoms with Gasteiger partial charge in [-0.25, -0.2) is 4.79 Å². The van der Waals surface area contributed by atoms with Crippen molar-refractivity contribution in [1.82, 2.24) is 0 Å². The largest absolute Gasteiger partial charge is 0.493 e. The Kier molecular flexibility index (Phi) is 5.93. The van der Waals surface area contributed by atoms with Gasteiger partial charge in [-0.3, -0.25) is 9.59 Å². The number of amides is 2. The molecular formula is C20H19ClN2O6. The Bertz CT molecular complexity index is 960. The van der Waals surface area contributed by atoms with Crippen LogP contribution in [0.4, 0.5) is 11.4 Å². The second-order valence-corrected chi connectivity index (χ2v) is 6.87. The van der Waals surface area contributed by atoms with E-state index in [9.17, 15) is 19.5 Å². The van der Waals surface area contributed by atoms with E-state index < -0.39 is 17.8 Å². The number of methoxy groups -OCH3 is 2. The molecule has 1 atom stereocenters. The van der Waals surface area contributed by atoms with E-state index in [1.54, 1.807) is 24.3 Å². The van der Waals surface area contributed by atoms with Crippen molar-refractivity contribution in [2.75, 3.05) is 31.0 Å². The molecule has 2 N–H and O–H groups in total. The Balaban J connectivity index is 1.81. The van der Waals surface area contributed by atoms with Gasteiger partial charge in [-0.2, -0.15) is 0 Å². The van der Waals surface area contributed by atoms with Gasteiger partial charge < -0.3 is 24.8 Å². The molecule has 0 saturated carbocycles. The Hall–Kier alpha value is -3.26.